The number of nitrogens with zero attached hydrogens (tertiary/aromatic N) is 1. The Morgan fingerprint density at radius 3 is 2.50 bits per heavy atom. The molecule has 6 heteroatoms. The smallest absolute Gasteiger partial charge is 0.222 e. The van der Waals surface area contributed by atoms with E-state index in [-0.39, 0.29) is 0 Å². The minimum absolute atomic E-state index is 0.537. The third-order valence-electron chi connectivity index (χ3n) is 3.14. The molecule has 5 nitrogen and oxygen atoms in total. The molecule has 1 heterocycles. The molecular formula is C10H22N2O3S. The number of sulfonamides is 1. The molecule has 1 saturated heterocycles. The van der Waals surface area contributed by atoms with E-state index in [2.05, 4.69) is 5.32 Å². The lowest BCUT2D eigenvalue weighted by Gasteiger charge is -2.45. The van der Waals surface area contributed by atoms with Crippen molar-refractivity contribution in [2.24, 2.45) is 0 Å². The van der Waals surface area contributed by atoms with Crippen LogP contribution in [-0.4, -0.2) is 43.5 Å². The summed E-state index contributed by atoms with van der Waals surface area (Å²) in [5.41, 5.74) is -0.670. The highest BCUT2D eigenvalue weighted by atomic mass is 32.2. The van der Waals surface area contributed by atoms with E-state index in [4.69, 9.17) is 4.74 Å². The van der Waals surface area contributed by atoms with Crippen molar-refractivity contribution in [1.82, 2.24) is 9.62 Å². The summed E-state index contributed by atoms with van der Waals surface area (Å²) in [6.45, 7) is 8.06. The van der Waals surface area contributed by atoms with E-state index in [1.807, 2.05) is 20.8 Å². The van der Waals surface area contributed by atoms with Crippen LogP contribution in [0.5, 0.6) is 0 Å². The van der Waals surface area contributed by atoms with Crippen molar-refractivity contribution in [3.63, 3.8) is 0 Å². The molecule has 16 heavy (non-hydrogen) atoms. The number of rotatable bonds is 3. The summed E-state index contributed by atoms with van der Waals surface area (Å²) in [5, 5.41) is 2.54. The van der Waals surface area contributed by atoms with E-state index < -0.39 is 27.2 Å². The van der Waals surface area contributed by atoms with Crippen molar-refractivity contribution in [2.45, 2.75) is 51.3 Å². The van der Waals surface area contributed by atoms with Crippen molar-refractivity contribution < 1.29 is 13.2 Å². The second kappa shape index (κ2) is 4.60. The third kappa shape index (κ3) is 2.40. The van der Waals surface area contributed by atoms with E-state index in [1.54, 1.807) is 14.0 Å². The van der Waals surface area contributed by atoms with Crippen molar-refractivity contribution >= 4 is 10.0 Å². The third-order valence-corrected chi connectivity index (χ3v) is 5.60. The van der Waals surface area contributed by atoms with Gasteiger partial charge in [0.25, 0.3) is 0 Å². The molecule has 0 radical (unpaired) electrons. The Morgan fingerprint density at radius 2 is 2.00 bits per heavy atom. The minimum Gasteiger partial charge on any atom is -0.341 e. The zero-order valence-corrected chi connectivity index (χ0v) is 11.5. The molecule has 0 aromatic rings. The molecule has 1 N–H and O–H groups in total. The lowest BCUT2D eigenvalue weighted by atomic mass is 10.1. The van der Waals surface area contributed by atoms with Crippen LogP contribution in [0, 0.1) is 0 Å². The van der Waals surface area contributed by atoms with Crippen LogP contribution in [0.25, 0.3) is 0 Å². The largest absolute Gasteiger partial charge is 0.341 e. The highest BCUT2D eigenvalue weighted by Gasteiger charge is 2.48. The highest BCUT2D eigenvalue weighted by Crippen LogP contribution is 2.31. The summed E-state index contributed by atoms with van der Waals surface area (Å²) in [7, 11) is -1.73. The van der Waals surface area contributed by atoms with Crippen molar-refractivity contribution in [1.29, 1.82) is 0 Å². The molecular weight excluding hydrogens is 228 g/mol. The zero-order valence-electron chi connectivity index (χ0n) is 10.6. The number of nitrogens with one attached hydrogen (secondary N) is 1. The van der Waals surface area contributed by atoms with Gasteiger partial charge in [-0.1, -0.05) is 6.92 Å². The van der Waals surface area contributed by atoms with Crippen LogP contribution in [0.2, 0.25) is 0 Å². The van der Waals surface area contributed by atoms with Gasteiger partial charge in [0.1, 0.15) is 5.25 Å². The molecule has 0 spiro atoms. The Hall–Kier alpha value is -0.170. The monoisotopic (exact) mass is 250 g/mol. The molecule has 2 unspecified atom stereocenters. The molecule has 0 aromatic heterocycles. The Kier molecular flexibility index (Phi) is 3.99. The first-order valence-electron chi connectivity index (χ1n) is 5.61. The standard InChI is InChI=1S/C10H22N2O3S/c1-6-7-11-9-12(5)16(13,14)8(2)10(3,4)15-9/h8-9,11H,6-7H2,1-5H3. The molecule has 0 bridgehead atoms. The number of hydrogen-bond donors (Lipinski definition) is 1. The molecule has 1 rings (SSSR count). The van der Waals surface area contributed by atoms with Gasteiger partial charge in [0.05, 0.1) is 5.60 Å². The van der Waals surface area contributed by atoms with Crippen LogP contribution in [0.15, 0.2) is 0 Å². The number of ether oxygens (including phenoxy) is 1. The first-order chi connectivity index (χ1) is 7.23. The fourth-order valence-electron chi connectivity index (χ4n) is 1.64. The van der Waals surface area contributed by atoms with Crippen LogP contribution in [0.3, 0.4) is 0 Å². The van der Waals surface area contributed by atoms with E-state index in [0.29, 0.717) is 0 Å². The Balaban J connectivity index is 2.92. The molecule has 96 valence electrons. The average Bonchev–Trinajstić information content (AvgIpc) is 2.20. The summed E-state index contributed by atoms with van der Waals surface area (Å²) in [4.78, 5) is 0. The maximum Gasteiger partial charge on any atom is 0.222 e. The van der Waals surface area contributed by atoms with Gasteiger partial charge in [0.2, 0.25) is 10.0 Å². The predicted molar refractivity (Wildman–Crippen MR) is 63.4 cm³/mol. The average molecular weight is 250 g/mol. The summed E-state index contributed by atoms with van der Waals surface area (Å²) >= 11 is 0. The molecule has 1 fully saturated rings. The van der Waals surface area contributed by atoms with Gasteiger partial charge in [0.15, 0.2) is 6.35 Å². The Morgan fingerprint density at radius 1 is 1.44 bits per heavy atom. The first-order valence-corrected chi connectivity index (χ1v) is 7.12. The molecule has 1 aliphatic rings. The van der Waals surface area contributed by atoms with Gasteiger partial charge >= 0.3 is 0 Å². The minimum atomic E-state index is -3.28. The van der Waals surface area contributed by atoms with E-state index in [0.717, 1.165) is 13.0 Å². The molecule has 0 saturated carbocycles. The van der Waals surface area contributed by atoms with E-state index >= 15 is 0 Å². The van der Waals surface area contributed by atoms with E-state index in [1.165, 1.54) is 4.31 Å². The predicted octanol–water partition coefficient (Wildman–Crippen LogP) is 0.729. The topological polar surface area (TPSA) is 58.6 Å². The second-order valence-corrected chi connectivity index (χ2v) is 7.04. The van der Waals surface area contributed by atoms with Crippen molar-refractivity contribution in [3.05, 3.63) is 0 Å². The summed E-state index contributed by atoms with van der Waals surface area (Å²) in [6.07, 6.45) is 0.375. The van der Waals surface area contributed by atoms with Gasteiger partial charge in [-0.15, -0.1) is 0 Å². The molecule has 0 amide bonds. The molecule has 1 aliphatic heterocycles. The Labute approximate surface area is 98.2 Å². The van der Waals surface area contributed by atoms with Crippen molar-refractivity contribution in [3.8, 4) is 0 Å². The molecule has 0 aliphatic carbocycles. The second-order valence-electron chi connectivity index (χ2n) is 4.73. The summed E-state index contributed by atoms with van der Waals surface area (Å²) in [6, 6.07) is 0. The van der Waals surface area contributed by atoms with Crippen LogP contribution >= 0.6 is 0 Å². The summed E-state index contributed by atoms with van der Waals surface area (Å²) < 4.78 is 31.3. The molecule has 0 aromatic carbocycles. The van der Waals surface area contributed by atoms with Gasteiger partial charge in [-0.05, 0) is 33.7 Å². The van der Waals surface area contributed by atoms with Crippen molar-refractivity contribution in [2.75, 3.05) is 13.6 Å². The fraction of sp³-hybridized carbons (Fsp3) is 1.00. The van der Waals surface area contributed by atoms with Gasteiger partial charge in [-0.2, -0.15) is 4.31 Å². The maximum atomic E-state index is 12.1. The van der Waals surface area contributed by atoms with Gasteiger partial charge in [-0.3, -0.25) is 5.32 Å². The summed E-state index contributed by atoms with van der Waals surface area (Å²) in [5.74, 6) is 0. The number of hydrogen-bond acceptors (Lipinski definition) is 4. The normalized spacial score (nSPS) is 33.8. The maximum absolute atomic E-state index is 12.1. The SMILES string of the molecule is CCCNC1OC(C)(C)C(C)S(=O)(=O)N1C. The quantitative estimate of drug-likeness (QED) is 0.802. The Bertz CT molecular complexity index is 340. The van der Waals surface area contributed by atoms with Gasteiger partial charge < -0.3 is 4.74 Å². The molecule has 2 atom stereocenters. The fourth-order valence-corrected chi connectivity index (χ4v) is 3.29. The van der Waals surface area contributed by atoms with Gasteiger partial charge in [0, 0.05) is 7.05 Å². The van der Waals surface area contributed by atoms with Gasteiger partial charge in [-0.25, -0.2) is 8.42 Å². The first kappa shape index (κ1) is 13.9. The highest BCUT2D eigenvalue weighted by molar-refractivity contribution is 7.89. The van der Waals surface area contributed by atoms with Crippen LogP contribution < -0.4 is 5.32 Å². The van der Waals surface area contributed by atoms with Crippen LogP contribution in [0.4, 0.5) is 0 Å². The zero-order chi connectivity index (χ0) is 12.6. The van der Waals surface area contributed by atoms with Crippen LogP contribution in [-0.2, 0) is 14.8 Å². The lowest BCUT2D eigenvalue weighted by molar-refractivity contribution is -0.140. The lowest BCUT2D eigenvalue weighted by Crippen LogP contribution is -2.63. The van der Waals surface area contributed by atoms with Crippen LogP contribution in [0.1, 0.15) is 34.1 Å². The van der Waals surface area contributed by atoms with E-state index in [9.17, 15) is 8.42 Å².